The fourth-order valence-corrected chi connectivity index (χ4v) is 19.9. The molecule has 149 heavy (non-hydrogen) atoms. The molecule has 4 atom stereocenters. The van der Waals surface area contributed by atoms with Crippen LogP contribution in [0.15, 0.2) is 233 Å². The summed E-state index contributed by atoms with van der Waals surface area (Å²) in [6, 6.07) is 67.8. The Bertz CT molecular complexity index is 7200. The molecule has 0 aliphatic carbocycles. The molecule has 4 amide bonds. The number of ether oxygens (including phenoxy) is 22. The van der Waals surface area contributed by atoms with Gasteiger partial charge in [-0.2, -0.15) is 4.89 Å². The van der Waals surface area contributed by atoms with Crippen molar-refractivity contribution >= 4 is 41.7 Å². The fraction of sp³-hybridized carbons (Fsp3) is 0.252. The molecule has 0 saturated carbocycles. The maximum Gasteiger partial charge on any atom is 0.312 e. The summed E-state index contributed by atoms with van der Waals surface area (Å²) in [5.41, 5.74) is 11.5. The number of benzene rings is 12. The van der Waals surface area contributed by atoms with Crippen LogP contribution >= 0.6 is 0 Å². The van der Waals surface area contributed by atoms with Gasteiger partial charge in [0.25, 0.3) is 23.6 Å². The average Bonchev–Trinajstić information content (AvgIpc) is 1.58. The summed E-state index contributed by atoms with van der Waals surface area (Å²) in [4.78, 5) is 90.2. The van der Waals surface area contributed by atoms with Gasteiger partial charge in [-0.25, -0.2) is 4.98 Å². The van der Waals surface area contributed by atoms with E-state index < -0.39 is 11.8 Å². The van der Waals surface area contributed by atoms with Crippen LogP contribution in [0.5, 0.6) is 138 Å². The number of aromatic hydroxyl groups is 1. The SMILES string of the molecule is CN1C2CCC1C(Cc1ccc3c(c1)OCO3)C(=O)C2Cc1ccc2c(c1)COO2.O=C(NCc1ccc2c(c1)OCO2)/C(=C\c1ccc2c(c1)OCO2)NC(=O)c1ccc2c(c1)OCO2.O=C(c1ccc2c(c1)OCO2)N1CCN(C(=O)c2ccc3c(c2)OCO3)CC1.Oc1oc(-c2ccc3c(c2)OCO3)nc1C=NCc1ccc2c(c1)OCO2.c1cc2c(cc1C(c1ccc3c(c1)OCO3)c1ccc3c(c1)OCO3)OCO2. The van der Waals surface area contributed by atoms with Crippen molar-refractivity contribution in [1.82, 2.24) is 30.3 Å². The first-order valence-corrected chi connectivity index (χ1v) is 48.2. The summed E-state index contributed by atoms with van der Waals surface area (Å²) in [6.45, 7) is 5.17. The molecule has 38 heteroatoms. The number of aromatic nitrogens is 1. The van der Waals surface area contributed by atoms with Crippen LogP contribution in [-0.4, -0.2) is 180 Å². The highest BCUT2D eigenvalue weighted by Crippen LogP contribution is 2.50. The van der Waals surface area contributed by atoms with Gasteiger partial charge in [0.05, 0.1) is 12.8 Å². The summed E-state index contributed by atoms with van der Waals surface area (Å²) < 4.78 is 124. The second kappa shape index (κ2) is 40.9. The van der Waals surface area contributed by atoms with Gasteiger partial charge in [-0.3, -0.25) is 33.9 Å². The van der Waals surface area contributed by atoms with E-state index >= 15 is 0 Å². The van der Waals surface area contributed by atoms with Gasteiger partial charge < -0.3 is 139 Å². The normalized spacial score (nSPS) is 18.0. The van der Waals surface area contributed by atoms with Gasteiger partial charge >= 0.3 is 5.95 Å². The lowest BCUT2D eigenvalue weighted by Crippen LogP contribution is -2.53. The second-order valence-corrected chi connectivity index (χ2v) is 36.4. The van der Waals surface area contributed by atoms with Gasteiger partial charge in [0.1, 0.15) is 18.1 Å². The lowest BCUT2D eigenvalue weighted by molar-refractivity contribution is -0.194. The summed E-state index contributed by atoms with van der Waals surface area (Å²) in [5.74, 6) is 14.9. The van der Waals surface area contributed by atoms with E-state index in [0.717, 1.165) is 122 Å². The average molecular weight is 2020 g/mol. The third-order valence-electron chi connectivity index (χ3n) is 27.5. The highest BCUT2D eigenvalue weighted by Gasteiger charge is 2.51. The number of fused-ring (bicyclic) bond motifs is 14. The Morgan fingerprint density at radius 2 is 0.758 bits per heavy atom. The van der Waals surface area contributed by atoms with Gasteiger partial charge in [0.2, 0.25) is 80.6 Å². The Morgan fingerprint density at radius 1 is 0.396 bits per heavy atom. The zero-order chi connectivity index (χ0) is 101. The molecule has 28 rings (SSSR count). The standard InChI is InChI=1S/C26H20N2O8.C24H25NO5.C22H16O6.C20H18N2O6.C19H14N2O6/c29-25(17-3-6-21-24(10-17)36-14-33-21)28-18(7-15-1-4-19-22(8-15)34-12-31-19)26(30)27-11-16-2-5-20-23(9-16)35-13-32-20;1-25-19-4-5-20(25)18(10-15-3-7-22-23(11-15)28-13-27-22)24(26)17(19)9-14-2-6-21-16(8-14)12-29-30-21;1-4-16-19(26-10-23-16)7-13(1)22(14-2-5-17-20(8-14)27-11-24-17)15-3-6-18-21(9-15)28-12-25-18;23-19(13-1-3-15-17(9-13)27-11-25-15)21-5-7-22(8-6-21)20(24)14-2-4-16-18(10-14)28-12-26-16;22-19-13(8-20-7-11-1-3-14-16(5-11)25-9-23-14)21-18(27-19)12-2-4-15-17(6-12)26-10-24-15/h1-10H,11-14H2,(H,27,30)(H,28,29);2-3,6-8,11,17-20H,4-5,9-10,12-13H2,1H3;1-9,22H,10-12H2;1-4,9-10H,5-8,11-12H2;1-6,8,22H,7,9-10H2/b18-7+;;;;. The van der Waals surface area contributed by atoms with E-state index in [1.807, 2.05) is 78.9 Å². The number of nitrogens with one attached hydrogen (secondary N) is 2. The maximum absolute atomic E-state index is 13.7. The van der Waals surface area contributed by atoms with Crippen LogP contribution in [0, 0.1) is 11.8 Å². The van der Waals surface area contributed by atoms with Crippen molar-refractivity contribution in [3.8, 4) is 150 Å². The number of hydrogen-bond acceptors (Lipinski definition) is 34. The van der Waals surface area contributed by atoms with Crippen LogP contribution < -0.4 is 120 Å². The first-order valence-electron chi connectivity index (χ1n) is 48.2. The molecule has 38 nitrogen and oxygen atoms in total. The minimum atomic E-state index is -0.474. The molecule has 12 aromatic carbocycles. The van der Waals surface area contributed by atoms with E-state index in [2.05, 4.69) is 69.0 Å². The number of oxazole rings is 1. The number of carbonyl (C=O) groups excluding carboxylic acids is 5. The van der Waals surface area contributed by atoms with Crippen LogP contribution in [0.4, 0.5) is 0 Å². The first kappa shape index (κ1) is 93.3. The zero-order valence-electron chi connectivity index (χ0n) is 79.8. The Morgan fingerprint density at radius 3 is 1.23 bits per heavy atom. The number of nitrogens with zero attached hydrogens (tertiary/aromatic N) is 5. The molecule has 15 aliphatic heterocycles. The lowest BCUT2D eigenvalue weighted by atomic mass is 9.76. The van der Waals surface area contributed by atoms with Crippen LogP contribution in [-0.2, 0) is 47.0 Å². The maximum atomic E-state index is 13.7. The summed E-state index contributed by atoms with van der Waals surface area (Å²) in [7, 11) is 2.19. The molecular formula is C111H93N7O31. The summed E-state index contributed by atoms with van der Waals surface area (Å²) in [5, 5.41) is 15.6. The quantitative estimate of drug-likeness (QED) is 0.0293. The van der Waals surface area contributed by atoms with E-state index in [-0.39, 0.29) is 134 Å². The molecule has 13 aromatic rings. The zero-order valence-corrected chi connectivity index (χ0v) is 79.8. The highest BCUT2D eigenvalue weighted by atomic mass is 17.2. The molecule has 3 saturated heterocycles. The predicted molar refractivity (Wildman–Crippen MR) is 523 cm³/mol. The van der Waals surface area contributed by atoms with E-state index in [1.54, 1.807) is 119 Å². The predicted octanol–water partition coefficient (Wildman–Crippen LogP) is 15.2. The first-order chi connectivity index (χ1) is 73.1. The smallest absolute Gasteiger partial charge is 0.312 e. The lowest BCUT2D eigenvalue weighted by Gasteiger charge is -2.41. The number of amides is 4. The summed E-state index contributed by atoms with van der Waals surface area (Å²) in [6.07, 6.45) is 6.74. The van der Waals surface area contributed by atoms with Gasteiger partial charge in [-0.1, -0.05) is 48.5 Å². The molecule has 0 spiro atoms. The van der Waals surface area contributed by atoms with E-state index in [9.17, 15) is 29.1 Å². The molecule has 758 valence electrons. The van der Waals surface area contributed by atoms with Gasteiger partial charge in [0.15, 0.2) is 138 Å². The Kier molecular flexibility index (Phi) is 25.6. The molecular weight excluding hydrogens is 1930 g/mol. The minimum Gasteiger partial charge on any atom is -0.479 e. The molecule has 1 aromatic heterocycles. The Labute approximate surface area is 849 Å². The summed E-state index contributed by atoms with van der Waals surface area (Å²) >= 11 is 0. The second-order valence-electron chi connectivity index (χ2n) is 36.4. The number of hydrogen-bond donors (Lipinski definition) is 3. The van der Waals surface area contributed by atoms with Crippen LogP contribution in [0.3, 0.4) is 0 Å². The fourth-order valence-electron chi connectivity index (χ4n) is 19.9. The molecule has 2 bridgehead atoms. The number of Topliss-reactive ketones (excluding diaryl/α,β-unsaturated/α-hetero) is 1. The molecule has 16 heterocycles. The van der Waals surface area contributed by atoms with Crippen molar-refractivity contribution in [3.05, 3.63) is 297 Å². The van der Waals surface area contributed by atoms with E-state index in [4.69, 9.17) is 118 Å². The van der Waals surface area contributed by atoms with Crippen molar-refractivity contribution in [1.29, 1.82) is 0 Å². The molecule has 0 radical (unpaired) electrons. The van der Waals surface area contributed by atoms with E-state index in [1.165, 1.54) is 11.8 Å². The van der Waals surface area contributed by atoms with Crippen molar-refractivity contribution in [3.63, 3.8) is 0 Å². The monoisotopic (exact) mass is 2020 g/mol. The highest BCUT2D eigenvalue weighted by molar-refractivity contribution is 6.06. The third-order valence-corrected chi connectivity index (χ3v) is 27.5. The number of ketones is 1. The number of rotatable bonds is 19. The molecule has 4 unspecified atom stereocenters. The van der Waals surface area contributed by atoms with E-state index in [0.29, 0.717) is 160 Å². The third kappa shape index (κ3) is 19.8. The van der Waals surface area contributed by atoms with Gasteiger partial charge in [-0.05, 0) is 253 Å². The number of aliphatic imine (C=N–C) groups is 1. The minimum absolute atomic E-state index is 0.0141. The van der Waals surface area contributed by atoms with Crippen molar-refractivity contribution in [2.75, 3.05) is 108 Å². The molecule has 15 aliphatic rings. The Hall–Kier alpha value is -18.1. The van der Waals surface area contributed by atoms with Gasteiger partial charge in [0, 0.05) is 90.4 Å². The van der Waals surface area contributed by atoms with Gasteiger partial charge in [-0.15, -0.1) is 0 Å². The van der Waals surface area contributed by atoms with Crippen LogP contribution in [0.2, 0.25) is 0 Å². The topological polar surface area (TPSA) is 399 Å². The van der Waals surface area contributed by atoms with Crippen molar-refractivity contribution in [2.45, 2.75) is 63.4 Å². The molecule has 3 fully saturated rings. The Balaban J connectivity index is 0.0000000996. The number of piperazine rings is 1. The van der Waals surface area contributed by atoms with Crippen molar-refractivity contribution in [2.24, 2.45) is 16.8 Å². The number of carbonyl (C=O) groups is 5. The molecule has 3 N–H and O–H groups in total. The van der Waals surface area contributed by atoms with Crippen LogP contribution in [0.25, 0.3) is 17.5 Å². The van der Waals surface area contributed by atoms with Crippen molar-refractivity contribution < 1.29 is 147 Å². The number of piperidine rings is 1. The largest absolute Gasteiger partial charge is 0.479 e. The van der Waals surface area contributed by atoms with Crippen LogP contribution in [0.1, 0.15) is 106 Å².